The zero-order valence-corrected chi connectivity index (χ0v) is 82.7. The van der Waals surface area contributed by atoms with Crippen molar-refractivity contribution in [3.8, 4) is 0 Å². The quantitative estimate of drug-likeness (QED) is 0.0201. The second-order valence-corrected chi connectivity index (χ2v) is 66.5. The van der Waals surface area contributed by atoms with Gasteiger partial charge in [0.25, 0.3) is 0 Å². The number of esters is 1. The van der Waals surface area contributed by atoms with Gasteiger partial charge in [-0.3, -0.25) is 9.59 Å². The second-order valence-electron chi connectivity index (χ2n) is 38.1. The van der Waals surface area contributed by atoms with Gasteiger partial charge in [-0.25, -0.2) is 0 Å². The molecular weight excluding hydrogens is 1490 g/mol. The minimum Gasteiger partial charge on any atom is -0.481 e. The van der Waals surface area contributed by atoms with Gasteiger partial charge >= 0.3 is 11.9 Å². The van der Waals surface area contributed by atoms with Gasteiger partial charge in [0.1, 0.15) is 12.2 Å². The highest BCUT2D eigenvalue weighted by Gasteiger charge is 2.63. The molecule has 4 fully saturated rings. The highest BCUT2D eigenvalue weighted by atomic mass is 28.4. The molecule has 4 aliphatic rings. The summed E-state index contributed by atoms with van der Waals surface area (Å²) in [6.45, 7) is 68.8. The molecule has 0 aliphatic carbocycles. The standard InChI is InChI=1S/C90H174O15Si6/c1-30-43-59-74(100-106(26,27)86(18,19)20)62-70(14)63-79-84(103-109(34-5,35-6)36-7)82(102-108(31-2,32-3)33-4)72(16)83(96-79)85(104-110(37-8,38-9)39-10)90(94-25)68-80(101-107(28,29)87(21,22)23)71(15)78(99-90)61-58-56-54-52-50-48-46-44-45-47-49-51-53-55-57-60-75-66-88(24,105-111(40-11,41-12)42-13)69-89(97-75)67-77(95-73(17)91)64-76(98-89)65-81(92)93/h30,43,52,54,59,71-72,74-80,82-85H,1,14,31-42,44-51,53,55-58,60-69H2,2-13,15-29H3,(H,92,93)/b54-52+,59-43+/t71-,72+,74+,75-,76+,77-,78+,79+,80-,82+,83+,84+,85-,88-,89?,90+/m0/s1. The van der Waals surface area contributed by atoms with Crippen LogP contribution in [0.3, 0.4) is 0 Å². The number of hydrogen-bond acceptors (Lipinski definition) is 14. The molecule has 0 aromatic heterocycles. The first-order chi connectivity index (χ1) is 52.1. The summed E-state index contributed by atoms with van der Waals surface area (Å²) in [6.07, 6.45) is 27.8. The van der Waals surface area contributed by atoms with Crippen molar-refractivity contribution in [2.45, 2.75) is 493 Å². The molecule has 4 heterocycles. The van der Waals surface area contributed by atoms with E-state index in [2.05, 4.69) is 196 Å². The summed E-state index contributed by atoms with van der Waals surface area (Å²) >= 11 is 0. The third-order valence-corrected chi connectivity index (χ3v) is 56.2. The number of unbranched alkanes of at least 4 members (excludes halogenated alkanes) is 11. The van der Waals surface area contributed by atoms with Crippen molar-refractivity contribution in [1.82, 2.24) is 0 Å². The van der Waals surface area contributed by atoms with Crippen LogP contribution in [-0.4, -0.2) is 158 Å². The van der Waals surface area contributed by atoms with Crippen molar-refractivity contribution < 1.29 is 69.7 Å². The minimum absolute atomic E-state index is 0.0135. The molecule has 4 rings (SSSR count). The lowest BCUT2D eigenvalue weighted by Gasteiger charge is -2.58. The molecule has 0 bridgehead atoms. The summed E-state index contributed by atoms with van der Waals surface area (Å²) < 4.78 is 89.3. The van der Waals surface area contributed by atoms with E-state index in [0.717, 1.165) is 129 Å². The van der Waals surface area contributed by atoms with E-state index < -0.39 is 97.5 Å². The van der Waals surface area contributed by atoms with Gasteiger partial charge in [0.15, 0.2) is 61.5 Å². The van der Waals surface area contributed by atoms with E-state index in [1.807, 2.05) is 19.3 Å². The maximum atomic E-state index is 12.2. The number of ether oxygens (including phenoxy) is 6. The molecule has 1 spiro atoms. The average Bonchev–Trinajstić information content (AvgIpc) is 0.743. The zero-order valence-electron chi connectivity index (χ0n) is 76.7. The molecule has 21 heteroatoms. The topological polar surface area (TPSA) is 165 Å². The third kappa shape index (κ3) is 29.6. The lowest BCUT2D eigenvalue weighted by molar-refractivity contribution is -0.353. The maximum absolute atomic E-state index is 12.2. The van der Waals surface area contributed by atoms with Gasteiger partial charge in [0.2, 0.25) is 0 Å². The van der Waals surface area contributed by atoms with Gasteiger partial charge in [-0.15, -0.1) is 0 Å². The first kappa shape index (κ1) is 102. The van der Waals surface area contributed by atoms with Crippen molar-refractivity contribution in [3.63, 3.8) is 0 Å². The number of rotatable bonds is 53. The number of carboxylic acid groups (broad SMARTS) is 1. The minimum atomic E-state index is -2.47. The van der Waals surface area contributed by atoms with E-state index in [1.54, 1.807) is 0 Å². The number of hydrogen-bond donors (Lipinski definition) is 1. The van der Waals surface area contributed by atoms with Crippen LogP contribution in [0.1, 0.15) is 300 Å². The Bertz CT molecular complexity index is 2710. The SMILES string of the molecule is C=C/C=C/[C@H](CC(=C)C[C@H]1O[C@@H]([C@H](O[Si](CC)(CC)CC)[C@@]2(OC)C[C@H](O[Si](C)(C)C(C)(C)C)[C@@H](C)[C@@H](CCC/C=C/CCCCCCCCCCCC[C@H]3C[C@](C)(O[Si](CC)(CC)CC)CC4(C[C@@H](OC(C)=O)C[C@H](CC(=O)O)O4)O3)O2)[C@H](C)[C@@H](O[Si](CC)(CC)CC)[C@@H]1O[Si](CC)(CC)CC)O[Si](C)(C)C(C)(C)C. The lowest BCUT2D eigenvalue weighted by atomic mass is 9.78. The first-order valence-electron chi connectivity index (χ1n) is 45.4. The molecule has 111 heavy (non-hydrogen) atoms. The van der Waals surface area contributed by atoms with E-state index in [0.29, 0.717) is 38.5 Å². The molecule has 0 radical (unpaired) electrons. The molecule has 0 amide bonds. The fourth-order valence-electron chi connectivity index (χ4n) is 18.2. The molecule has 0 aromatic rings. The first-order valence-corrected chi connectivity index (χ1v) is 61.3. The summed E-state index contributed by atoms with van der Waals surface area (Å²) in [5.74, 6) is -3.62. The van der Waals surface area contributed by atoms with E-state index in [1.165, 1.54) is 58.3 Å². The number of carboxylic acids is 1. The molecule has 648 valence electrons. The third-order valence-electron chi connectivity index (χ3n) is 28.5. The van der Waals surface area contributed by atoms with Crippen LogP contribution >= 0.6 is 0 Å². The molecular formula is C90H174O15Si6. The number of aliphatic carboxylic acids is 1. The summed E-state index contributed by atoms with van der Waals surface area (Å²) in [5, 5.41) is 9.84. The second kappa shape index (κ2) is 46.5. The Labute approximate surface area is 688 Å². The van der Waals surface area contributed by atoms with Crippen LogP contribution in [0, 0.1) is 11.8 Å². The Morgan fingerprint density at radius 1 is 0.577 bits per heavy atom. The van der Waals surface area contributed by atoms with E-state index in [9.17, 15) is 14.7 Å². The summed E-state index contributed by atoms with van der Waals surface area (Å²) in [6, 6.07) is 12.1. The average molecular weight is 1660 g/mol. The lowest BCUT2D eigenvalue weighted by Crippen LogP contribution is -2.70. The Kier molecular flexibility index (Phi) is 42.8. The Hall–Kier alpha value is -1.24. The van der Waals surface area contributed by atoms with Gasteiger partial charge in [0, 0.05) is 58.0 Å². The maximum Gasteiger partial charge on any atom is 0.305 e. The van der Waals surface area contributed by atoms with Crippen molar-refractivity contribution in [2.24, 2.45) is 11.8 Å². The van der Waals surface area contributed by atoms with E-state index in [-0.39, 0.29) is 77.0 Å². The molecule has 4 aliphatic heterocycles. The summed E-state index contributed by atoms with van der Waals surface area (Å²) in [4.78, 5) is 24.2. The van der Waals surface area contributed by atoms with Gasteiger partial charge in [-0.2, -0.15) is 0 Å². The Morgan fingerprint density at radius 2 is 1.07 bits per heavy atom. The fraction of sp³-hybridized carbons (Fsp3) is 0.889. The molecule has 1 unspecified atom stereocenters. The highest BCUT2D eigenvalue weighted by molar-refractivity contribution is 6.76. The largest absolute Gasteiger partial charge is 0.481 e. The number of methoxy groups -OCH3 is 1. The van der Waals surface area contributed by atoms with Gasteiger partial charge in [0.05, 0.1) is 67.0 Å². The zero-order chi connectivity index (χ0) is 83.5. The van der Waals surface area contributed by atoms with E-state index >= 15 is 0 Å². The molecule has 16 atom stereocenters. The summed E-state index contributed by atoms with van der Waals surface area (Å²) in [5.41, 5.74) is 0.588. The Morgan fingerprint density at radius 3 is 1.56 bits per heavy atom. The normalized spacial score (nSPS) is 28.3. The van der Waals surface area contributed by atoms with Gasteiger partial charge in [-0.05, 0) is 167 Å². The fourth-order valence-corrected chi connectivity index (χ4v) is 32.7. The highest BCUT2D eigenvalue weighted by Crippen LogP contribution is 2.53. The van der Waals surface area contributed by atoms with Crippen molar-refractivity contribution in [3.05, 3.63) is 49.1 Å². The van der Waals surface area contributed by atoms with Crippen LogP contribution in [0.2, 0.25) is 109 Å². The number of allylic oxidation sites excluding steroid dienone is 4. The van der Waals surface area contributed by atoms with Crippen LogP contribution in [0.5, 0.6) is 0 Å². The summed E-state index contributed by atoms with van der Waals surface area (Å²) in [7, 11) is -11.8. The van der Waals surface area contributed by atoms with Crippen molar-refractivity contribution in [1.29, 1.82) is 0 Å². The predicted molar refractivity (Wildman–Crippen MR) is 478 cm³/mol. The van der Waals surface area contributed by atoms with Crippen molar-refractivity contribution in [2.75, 3.05) is 7.11 Å². The van der Waals surface area contributed by atoms with Crippen LogP contribution < -0.4 is 0 Å². The molecule has 0 aromatic carbocycles. The smallest absolute Gasteiger partial charge is 0.305 e. The van der Waals surface area contributed by atoms with Gasteiger partial charge < -0.3 is 60.1 Å². The van der Waals surface area contributed by atoms with Crippen LogP contribution in [0.15, 0.2) is 49.1 Å². The molecule has 0 saturated carbocycles. The predicted octanol–water partition coefficient (Wildman–Crippen LogP) is 25.8. The number of carbonyl (C=O) groups is 2. The van der Waals surface area contributed by atoms with Crippen LogP contribution in [0.25, 0.3) is 0 Å². The Balaban J connectivity index is 1.55. The number of carbonyl (C=O) groups excluding carboxylic acids is 1. The monoisotopic (exact) mass is 1660 g/mol. The van der Waals surface area contributed by atoms with Gasteiger partial charge in [-0.1, -0.05) is 245 Å². The molecule has 1 N–H and O–H groups in total. The van der Waals surface area contributed by atoms with Crippen LogP contribution in [-0.2, 0) is 64.6 Å². The van der Waals surface area contributed by atoms with Crippen LogP contribution in [0.4, 0.5) is 0 Å². The molecule has 4 saturated heterocycles. The van der Waals surface area contributed by atoms with Crippen molar-refractivity contribution >= 4 is 61.8 Å². The molecule has 15 nitrogen and oxygen atoms in total. The van der Waals surface area contributed by atoms with E-state index in [4.69, 9.17) is 61.6 Å².